The number of carbonyl (C=O) groups excluding carboxylic acids is 2. The molecule has 86 valence electrons. The summed E-state index contributed by atoms with van der Waals surface area (Å²) in [6.07, 6.45) is 0. The summed E-state index contributed by atoms with van der Waals surface area (Å²) in [5, 5.41) is 2.60. The average molecular weight is 222 g/mol. The summed E-state index contributed by atoms with van der Waals surface area (Å²) in [4.78, 5) is 23.3. The molecule has 0 aliphatic heterocycles. The molecule has 0 aliphatic rings. The molecular weight excluding hydrogens is 208 g/mol. The van der Waals surface area contributed by atoms with Crippen molar-refractivity contribution in [1.82, 2.24) is 4.90 Å². The van der Waals surface area contributed by atoms with Crippen molar-refractivity contribution < 1.29 is 9.59 Å². The van der Waals surface area contributed by atoms with E-state index in [0.29, 0.717) is 11.4 Å². The molecule has 0 heterocycles. The van der Waals surface area contributed by atoms with Crippen LogP contribution in [0.2, 0.25) is 0 Å². The lowest BCUT2D eigenvalue weighted by Gasteiger charge is -2.15. The SMILES string of the molecule is CN(CC(N)=O)C(=O)Nc1ccc(N)cc1. The summed E-state index contributed by atoms with van der Waals surface area (Å²) in [7, 11) is 1.48. The lowest BCUT2D eigenvalue weighted by Crippen LogP contribution is -2.38. The predicted octanol–water partition coefficient (Wildman–Crippen LogP) is 0.218. The normalized spacial score (nSPS) is 9.56. The molecular formula is C10H14N4O2. The van der Waals surface area contributed by atoms with Crippen LogP contribution in [0.3, 0.4) is 0 Å². The number of hydrogen-bond acceptors (Lipinski definition) is 3. The molecule has 0 spiro atoms. The lowest BCUT2D eigenvalue weighted by molar-refractivity contribution is -0.118. The second kappa shape index (κ2) is 5.01. The van der Waals surface area contributed by atoms with E-state index in [1.54, 1.807) is 24.3 Å². The molecule has 0 atom stereocenters. The highest BCUT2D eigenvalue weighted by Crippen LogP contribution is 2.10. The molecule has 1 rings (SSSR count). The smallest absolute Gasteiger partial charge is 0.322 e. The van der Waals surface area contributed by atoms with Gasteiger partial charge in [0.1, 0.15) is 6.54 Å². The van der Waals surface area contributed by atoms with Gasteiger partial charge in [-0.15, -0.1) is 0 Å². The third-order valence-corrected chi connectivity index (χ3v) is 1.90. The summed E-state index contributed by atoms with van der Waals surface area (Å²) in [5.74, 6) is -0.560. The van der Waals surface area contributed by atoms with Gasteiger partial charge in [0.15, 0.2) is 0 Å². The fourth-order valence-corrected chi connectivity index (χ4v) is 1.09. The van der Waals surface area contributed by atoms with Crippen LogP contribution in [-0.2, 0) is 4.79 Å². The lowest BCUT2D eigenvalue weighted by atomic mass is 10.3. The number of anilines is 2. The van der Waals surface area contributed by atoms with E-state index >= 15 is 0 Å². The molecule has 0 unspecified atom stereocenters. The van der Waals surface area contributed by atoms with E-state index in [2.05, 4.69) is 5.32 Å². The molecule has 1 aromatic rings. The molecule has 0 aromatic heterocycles. The van der Waals surface area contributed by atoms with E-state index in [1.165, 1.54) is 11.9 Å². The van der Waals surface area contributed by atoms with Crippen molar-refractivity contribution in [2.45, 2.75) is 0 Å². The van der Waals surface area contributed by atoms with Gasteiger partial charge in [-0.25, -0.2) is 4.79 Å². The molecule has 0 saturated heterocycles. The van der Waals surface area contributed by atoms with Gasteiger partial charge < -0.3 is 21.7 Å². The first-order valence-corrected chi connectivity index (χ1v) is 4.65. The van der Waals surface area contributed by atoms with Gasteiger partial charge in [-0.3, -0.25) is 4.79 Å². The number of carbonyl (C=O) groups is 2. The number of benzene rings is 1. The number of amides is 3. The number of urea groups is 1. The van der Waals surface area contributed by atoms with Gasteiger partial charge in [-0.05, 0) is 24.3 Å². The molecule has 0 radical (unpaired) electrons. The molecule has 0 bridgehead atoms. The highest BCUT2D eigenvalue weighted by atomic mass is 16.2. The monoisotopic (exact) mass is 222 g/mol. The molecule has 16 heavy (non-hydrogen) atoms. The number of nitrogens with one attached hydrogen (secondary N) is 1. The summed E-state index contributed by atoms with van der Waals surface area (Å²) in [5.41, 5.74) is 11.7. The zero-order valence-corrected chi connectivity index (χ0v) is 8.93. The highest BCUT2D eigenvalue weighted by molar-refractivity contribution is 5.91. The Labute approximate surface area is 93.2 Å². The van der Waals surface area contributed by atoms with Crippen LogP contribution in [0.5, 0.6) is 0 Å². The second-order valence-electron chi connectivity index (χ2n) is 3.37. The summed E-state index contributed by atoms with van der Waals surface area (Å²) in [6.45, 7) is -0.124. The molecule has 6 nitrogen and oxygen atoms in total. The molecule has 3 amide bonds. The van der Waals surface area contributed by atoms with Crippen LogP contribution in [0.4, 0.5) is 16.2 Å². The number of nitrogen functional groups attached to an aromatic ring is 1. The molecule has 1 aromatic carbocycles. The standard InChI is InChI=1S/C10H14N4O2/c1-14(6-9(12)15)10(16)13-8-4-2-7(11)3-5-8/h2-5H,6,11H2,1H3,(H2,12,15)(H,13,16). The van der Waals surface area contributed by atoms with Crippen molar-refractivity contribution in [3.63, 3.8) is 0 Å². The van der Waals surface area contributed by atoms with Gasteiger partial charge in [-0.1, -0.05) is 0 Å². The van der Waals surface area contributed by atoms with Crippen LogP contribution in [-0.4, -0.2) is 30.4 Å². The zero-order valence-electron chi connectivity index (χ0n) is 8.93. The summed E-state index contributed by atoms with van der Waals surface area (Å²) >= 11 is 0. The van der Waals surface area contributed by atoms with Gasteiger partial charge in [0.2, 0.25) is 5.91 Å². The van der Waals surface area contributed by atoms with Crippen LogP contribution < -0.4 is 16.8 Å². The Hall–Kier alpha value is -2.24. The van der Waals surface area contributed by atoms with E-state index < -0.39 is 11.9 Å². The van der Waals surface area contributed by atoms with Gasteiger partial charge in [0.25, 0.3) is 0 Å². The van der Waals surface area contributed by atoms with E-state index in [4.69, 9.17) is 11.5 Å². The number of likely N-dealkylation sites (N-methyl/N-ethyl adjacent to an activating group) is 1. The molecule has 0 fully saturated rings. The van der Waals surface area contributed by atoms with Gasteiger partial charge in [0, 0.05) is 18.4 Å². The molecule has 0 aliphatic carbocycles. The van der Waals surface area contributed by atoms with Crippen molar-refractivity contribution in [1.29, 1.82) is 0 Å². The van der Waals surface area contributed by atoms with Crippen molar-refractivity contribution in [2.75, 3.05) is 24.6 Å². The Kier molecular flexibility index (Phi) is 3.71. The van der Waals surface area contributed by atoms with Crippen LogP contribution >= 0.6 is 0 Å². The fourth-order valence-electron chi connectivity index (χ4n) is 1.09. The van der Waals surface area contributed by atoms with Crippen LogP contribution in [0.1, 0.15) is 0 Å². The van der Waals surface area contributed by atoms with Crippen LogP contribution in [0, 0.1) is 0 Å². The predicted molar refractivity (Wildman–Crippen MR) is 61.7 cm³/mol. The third-order valence-electron chi connectivity index (χ3n) is 1.90. The first-order chi connectivity index (χ1) is 7.49. The zero-order chi connectivity index (χ0) is 12.1. The fraction of sp³-hybridized carbons (Fsp3) is 0.200. The van der Waals surface area contributed by atoms with E-state index in [9.17, 15) is 9.59 Å². The average Bonchev–Trinajstić information content (AvgIpc) is 2.20. The minimum Gasteiger partial charge on any atom is -0.399 e. The van der Waals surface area contributed by atoms with Crippen molar-refractivity contribution in [3.8, 4) is 0 Å². The quantitative estimate of drug-likeness (QED) is 0.637. The first-order valence-electron chi connectivity index (χ1n) is 4.65. The number of primary amides is 1. The van der Waals surface area contributed by atoms with E-state index in [0.717, 1.165) is 0 Å². The molecule has 6 heteroatoms. The maximum Gasteiger partial charge on any atom is 0.322 e. The Morgan fingerprint density at radius 1 is 1.31 bits per heavy atom. The minimum absolute atomic E-state index is 0.124. The van der Waals surface area contributed by atoms with Crippen LogP contribution in [0.15, 0.2) is 24.3 Å². The van der Waals surface area contributed by atoms with Crippen LogP contribution in [0.25, 0.3) is 0 Å². The summed E-state index contributed by atoms with van der Waals surface area (Å²) in [6, 6.07) is 6.29. The topological polar surface area (TPSA) is 101 Å². The van der Waals surface area contributed by atoms with Crippen molar-refractivity contribution in [2.24, 2.45) is 5.73 Å². The highest BCUT2D eigenvalue weighted by Gasteiger charge is 2.10. The second-order valence-corrected chi connectivity index (χ2v) is 3.37. The van der Waals surface area contributed by atoms with Crippen molar-refractivity contribution >= 4 is 23.3 Å². The first kappa shape index (κ1) is 11.8. The van der Waals surface area contributed by atoms with Crippen molar-refractivity contribution in [3.05, 3.63) is 24.3 Å². The Bertz CT molecular complexity index is 388. The van der Waals surface area contributed by atoms with E-state index in [-0.39, 0.29) is 6.54 Å². The maximum absolute atomic E-state index is 11.5. The van der Waals surface area contributed by atoms with Gasteiger partial charge >= 0.3 is 6.03 Å². The summed E-state index contributed by atoms with van der Waals surface area (Å²) < 4.78 is 0. The molecule has 5 N–H and O–H groups in total. The van der Waals surface area contributed by atoms with Gasteiger partial charge in [-0.2, -0.15) is 0 Å². The van der Waals surface area contributed by atoms with E-state index in [1.807, 2.05) is 0 Å². The number of nitrogens with two attached hydrogens (primary N) is 2. The maximum atomic E-state index is 11.5. The third kappa shape index (κ3) is 3.49. The number of nitrogens with zero attached hydrogens (tertiary/aromatic N) is 1. The number of rotatable bonds is 3. The largest absolute Gasteiger partial charge is 0.399 e. The Balaban J connectivity index is 2.57. The Morgan fingerprint density at radius 2 is 1.88 bits per heavy atom. The number of hydrogen-bond donors (Lipinski definition) is 3. The minimum atomic E-state index is -0.560. The molecule has 0 saturated carbocycles. The Morgan fingerprint density at radius 3 is 2.38 bits per heavy atom. The van der Waals surface area contributed by atoms with Gasteiger partial charge in [0.05, 0.1) is 0 Å².